The van der Waals surface area contributed by atoms with Crippen molar-refractivity contribution in [3.05, 3.63) is 29.8 Å². The molecular formula is C27H41N5O5. The fourth-order valence-electron chi connectivity index (χ4n) is 5.50. The van der Waals surface area contributed by atoms with Gasteiger partial charge in [-0.1, -0.05) is 12.1 Å². The Morgan fingerprint density at radius 3 is 2.68 bits per heavy atom. The largest absolute Gasteiger partial charge is 0.447 e. The van der Waals surface area contributed by atoms with Crippen LogP contribution < -0.4 is 10.6 Å². The van der Waals surface area contributed by atoms with Crippen molar-refractivity contribution in [2.75, 3.05) is 51.2 Å². The second-order valence-corrected chi connectivity index (χ2v) is 10.7. The van der Waals surface area contributed by atoms with Crippen molar-refractivity contribution in [1.29, 1.82) is 0 Å². The number of anilines is 1. The van der Waals surface area contributed by atoms with Crippen LogP contribution in [0.1, 0.15) is 45.1 Å². The summed E-state index contributed by atoms with van der Waals surface area (Å²) in [6, 6.07) is 6.28. The van der Waals surface area contributed by atoms with Crippen molar-refractivity contribution >= 4 is 23.7 Å². The molecule has 2 saturated heterocycles. The van der Waals surface area contributed by atoms with Crippen LogP contribution in [0.4, 0.5) is 15.3 Å². The minimum Gasteiger partial charge on any atom is -0.447 e. The number of ether oxygens (including phenoxy) is 1. The van der Waals surface area contributed by atoms with Crippen LogP contribution in [0.15, 0.2) is 24.3 Å². The van der Waals surface area contributed by atoms with Gasteiger partial charge in [0.2, 0.25) is 5.91 Å². The fraction of sp³-hybridized carbons (Fsp3) is 0.667. The quantitative estimate of drug-likeness (QED) is 0.490. The number of hydrogen-bond acceptors (Lipinski definition) is 6. The lowest BCUT2D eigenvalue weighted by Crippen LogP contribution is -2.61. The van der Waals surface area contributed by atoms with E-state index in [1.54, 1.807) is 16.7 Å². The highest BCUT2D eigenvalue weighted by Crippen LogP contribution is 2.53. The molecule has 1 aliphatic carbocycles. The smallest absolute Gasteiger partial charge is 0.407 e. The molecule has 1 aromatic rings. The van der Waals surface area contributed by atoms with E-state index in [1.165, 1.54) is 0 Å². The number of aliphatic hydroxyl groups is 1. The van der Waals surface area contributed by atoms with Crippen molar-refractivity contribution in [1.82, 2.24) is 20.0 Å². The van der Waals surface area contributed by atoms with Crippen molar-refractivity contribution in [2.24, 2.45) is 5.41 Å². The highest BCUT2D eigenvalue weighted by atomic mass is 16.5. The summed E-state index contributed by atoms with van der Waals surface area (Å²) in [5.41, 5.74) is 1.87. The van der Waals surface area contributed by atoms with Crippen LogP contribution in [0.3, 0.4) is 0 Å². The number of amides is 4. The number of rotatable bonds is 8. The van der Waals surface area contributed by atoms with Crippen LogP contribution in [0, 0.1) is 12.3 Å². The highest BCUT2D eigenvalue weighted by Gasteiger charge is 2.51. The summed E-state index contributed by atoms with van der Waals surface area (Å²) in [7, 11) is 0. The molecule has 1 spiro atoms. The number of piperidine rings is 1. The Hall–Kier alpha value is -2.85. The van der Waals surface area contributed by atoms with E-state index in [1.807, 2.05) is 38.1 Å². The van der Waals surface area contributed by atoms with Gasteiger partial charge in [0.1, 0.15) is 12.6 Å². The van der Waals surface area contributed by atoms with Crippen molar-refractivity contribution in [2.45, 2.75) is 64.6 Å². The fourth-order valence-corrected chi connectivity index (χ4v) is 5.50. The van der Waals surface area contributed by atoms with Gasteiger partial charge in [0, 0.05) is 38.4 Å². The number of benzene rings is 1. The first-order chi connectivity index (χ1) is 17.7. The molecule has 1 saturated carbocycles. The van der Waals surface area contributed by atoms with Crippen LogP contribution in [0.5, 0.6) is 0 Å². The molecule has 204 valence electrons. The van der Waals surface area contributed by atoms with Crippen molar-refractivity contribution in [3.63, 3.8) is 0 Å². The van der Waals surface area contributed by atoms with Gasteiger partial charge in [-0.3, -0.25) is 4.79 Å². The summed E-state index contributed by atoms with van der Waals surface area (Å²) in [6.45, 7) is 9.07. The van der Waals surface area contributed by atoms with Gasteiger partial charge in [0.15, 0.2) is 0 Å². The third-order valence-corrected chi connectivity index (χ3v) is 8.12. The van der Waals surface area contributed by atoms with E-state index in [0.717, 1.165) is 31.4 Å². The lowest BCUT2D eigenvalue weighted by Gasteiger charge is -2.43. The predicted octanol–water partition coefficient (Wildman–Crippen LogP) is 2.41. The number of likely N-dealkylation sites (tertiary alicyclic amines) is 1. The maximum absolute atomic E-state index is 13.4. The molecule has 37 heavy (non-hydrogen) atoms. The van der Waals surface area contributed by atoms with Gasteiger partial charge in [-0.15, -0.1) is 0 Å². The van der Waals surface area contributed by atoms with Gasteiger partial charge in [-0.2, -0.15) is 0 Å². The number of β-amino-alcohol motifs (C(OH)–C–C–N with tert-alkyl or cyclic N) is 1. The summed E-state index contributed by atoms with van der Waals surface area (Å²) in [5.74, 6) is -0.161. The summed E-state index contributed by atoms with van der Waals surface area (Å²) in [6.07, 6.45) is 3.03. The number of aliphatic hydroxyl groups excluding tert-OH is 1. The minimum absolute atomic E-state index is 0.0834. The molecule has 4 amide bonds. The summed E-state index contributed by atoms with van der Waals surface area (Å²) >= 11 is 0. The molecule has 3 aliphatic rings. The van der Waals surface area contributed by atoms with Crippen molar-refractivity contribution in [3.8, 4) is 0 Å². The molecule has 1 aromatic carbocycles. The van der Waals surface area contributed by atoms with Crippen LogP contribution in [-0.2, 0) is 9.53 Å². The molecule has 3 fully saturated rings. The number of hydrogen-bond donors (Lipinski definition) is 3. The van der Waals surface area contributed by atoms with E-state index in [9.17, 15) is 19.5 Å². The molecule has 0 radical (unpaired) electrons. The van der Waals surface area contributed by atoms with E-state index in [2.05, 4.69) is 15.5 Å². The molecule has 4 rings (SSSR count). The molecule has 0 aromatic heterocycles. The number of piperazine rings is 1. The molecular weight excluding hydrogens is 474 g/mol. The maximum Gasteiger partial charge on any atom is 0.407 e. The van der Waals surface area contributed by atoms with Crippen LogP contribution in [0.25, 0.3) is 0 Å². The number of urea groups is 1. The standard InChI is InChI=1S/C27H41N5O5/c1-4-28-26(36)37-18-22(8-12-30-13-11-27(9-10-27)23(33)17-30)32-15-14-31(20(3)24(32)34)25(35)29-21-7-5-6-19(2)16-21/h5-7,16,20,22-23,33H,4,8-15,17-18H2,1-3H3,(H,28,36)(H,29,35)/t20-,22-,23+/m0/s1. The number of carbonyl (C=O) groups excluding carboxylic acids is 3. The Kier molecular flexibility index (Phi) is 8.59. The topological polar surface area (TPSA) is 114 Å². The molecule has 0 bridgehead atoms. The second-order valence-electron chi connectivity index (χ2n) is 10.7. The van der Waals surface area contributed by atoms with E-state index in [0.29, 0.717) is 44.8 Å². The Balaban J connectivity index is 1.37. The SMILES string of the molecule is CCNC(=O)OC[C@H](CCN1CCC2(CC2)[C@H](O)C1)N1CCN(C(=O)Nc2cccc(C)c2)[C@@H](C)C1=O. The Bertz CT molecular complexity index is 984. The number of alkyl carbamates (subject to hydrolysis) is 1. The minimum atomic E-state index is -0.642. The monoisotopic (exact) mass is 515 g/mol. The number of nitrogens with zero attached hydrogens (tertiary/aromatic N) is 3. The van der Waals surface area contributed by atoms with E-state index < -0.39 is 12.1 Å². The Labute approximate surface area is 219 Å². The number of carbonyl (C=O) groups is 3. The number of aryl methyl sites for hydroxylation is 1. The zero-order valence-corrected chi connectivity index (χ0v) is 22.2. The van der Waals surface area contributed by atoms with E-state index in [-0.39, 0.29) is 36.1 Å². The van der Waals surface area contributed by atoms with Crippen molar-refractivity contribution < 1.29 is 24.2 Å². The van der Waals surface area contributed by atoms with Crippen LogP contribution in [0.2, 0.25) is 0 Å². The number of nitrogens with one attached hydrogen (secondary N) is 2. The van der Waals surface area contributed by atoms with Gasteiger partial charge < -0.3 is 35.2 Å². The van der Waals surface area contributed by atoms with Gasteiger partial charge in [0.05, 0.1) is 12.1 Å². The molecule has 10 heteroatoms. The Morgan fingerprint density at radius 2 is 2.00 bits per heavy atom. The van der Waals surface area contributed by atoms with E-state index in [4.69, 9.17) is 4.74 Å². The summed E-state index contributed by atoms with van der Waals surface area (Å²) in [5, 5.41) is 16.1. The summed E-state index contributed by atoms with van der Waals surface area (Å²) in [4.78, 5) is 44.0. The Morgan fingerprint density at radius 1 is 1.22 bits per heavy atom. The van der Waals surface area contributed by atoms with Crippen LogP contribution >= 0.6 is 0 Å². The highest BCUT2D eigenvalue weighted by molar-refractivity contribution is 5.94. The molecule has 2 heterocycles. The lowest BCUT2D eigenvalue weighted by atomic mass is 9.90. The molecule has 3 N–H and O–H groups in total. The zero-order chi connectivity index (χ0) is 26.6. The average Bonchev–Trinajstić information content (AvgIpc) is 3.64. The average molecular weight is 516 g/mol. The zero-order valence-electron chi connectivity index (χ0n) is 22.2. The summed E-state index contributed by atoms with van der Waals surface area (Å²) < 4.78 is 5.45. The third kappa shape index (κ3) is 6.54. The molecule has 3 atom stereocenters. The maximum atomic E-state index is 13.4. The van der Waals surface area contributed by atoms with Gasteiger partial charge >= 0.3 is 12.1 Å². The van der Waals surface area contributed by atoms with Gasteiger partial charge in [0.25, 0.3) is 0 Å². The lowest BCUT2D eigenvalue weighted by molar-refractivity contribution is -0.143. The van der Waals surface area contributed by atoms with Gasteiger partial charge in [-0.25, -0.2) is 9.59 Å². The second kappa shape index (κ2) is 11.7. The third-order valence-electron chi connectivity index (χ3n) is 8.12. The van der Waals surface area contributed by atoms with Crippen LogP contribution in [-0.4, -0.2) is 102 Å². The first-order valence-electron chi connectivity index (χ1n) is 13.5. The molecule has 10 nitrogen and oxygen atoms in total. The van der Waals surface area contributed by atoms with E-state index >= 15 is 0 Å². The predicted molar refractivity (Wildman–Crippen MR) is 140 cm³/mol. The normalized spacial score (nSPS) is 24.1. The molecule has 2 aliphatic heterocycles. The first kappa shape index (κ1) is 27.2. The van der Waals surface area contributed by atoms with Gasteiger partial charge in [-0.05, 0) is 76.1 Å². The molecule has 0 unspecified atom stereocenters. The first-order valence-corrected chi connectivity index (χ1v) is 13.5.